The van der Waals surface area contributed by atoms with Crippen LogP contribution >= 0.6 is 0 Å². The minimum absolute atomic E-state index is 0.119. The van der Waals surface area contributed by atoms with Gasteiger partial charge in [0.25, 0.3) is 5.91 Å². The van der Waals surface area contributed by atoms with Gasteiger partial charge in [0.15, 0.2) is 0 Å². The van der Waals surface area contributed by atoms with E-state index in [0.717, 1.165) is 5.70 Å². The molecule has 0 aliphatic carbocycles. The van der Waals surface area contributed by atoms with Gasteiger partial charge < -0.3 is 5.32 Å². The predicted octanol–water partition coefficient (Wildman–Crippen LogP) is -0.127. The molecule has 4 heteroatoms. The van der Waals surface area contributed by atoms with Crippen LogP contribution in [0.3, 0.4) is 0 Å². The Labute approximate surface area is 63.7 Å². The van der Waals surface area contributed by atoms with Gasteiger partial charge in [-0.05, 0) is 0 Å². The topological polar surface area (TPSA) is 53.8 Å². The minimum Gasteiger partial charge on any atom is -0.346 e. The fourth-order valence-electron chi connectivity index (χ4n) is 1.08. The van der Waals surface area contributed by atoms with E-state index in [2.05, 4.69) is 15.3 Å². The van der Waals surface area contributed by atoms with Crippen molar-refractivity contribution in [1.82, 2.24) is 5.32 Å². The lowest BCUT2D eigenvalue weighted by molar-refractivity contribution is -0.117. The number of nitrogens with zero attached hydrogens (tertiary/aromatic N) is 2. The largest absolute Gasteiger partial charge is 0.346 e. The molecule has 2 heterocycles. The number of carbonyl (C=O) groups excluding carboxylic acids is 1. The summed E-state index contributed by atoms with van der Waals surface area (Å²) < 4.78 is 0. The van der Waals surface area contributed by atoms with Crippen LogP contribution in [0.25, 0.3) is 0 Å². The highest BCUT2D eigenvalue weighted by Crippen LogP contribution is 2.17. The molecule has 2 aliphatic rings. The van der Waals surface area contributed by atoms with Crippen molar-refractivity contribution < 1.29 is 4.79 Å². The fraction of sp³-hybridized carbons (Fsp3) is 0.286. The van der Waals surface area contributed by atoms with Crippen molar-refractivity contribution in [3.63, 3.8) is 0 Å². The molecule has 0 atom stereocenters. The summed E-state index contributed by atoms with van der Waals surface area (Å²) in [5.74, 6) is -0.119. The molecule has 0 unspecified atom stereocenters. The Kier molecular flexibility index (Phi) is 1.31. The van der Waals surface area contributed by atoms with Crippen LogP contribution in [-0.2, 0) is 4.79 Å². The van der Waals surface area contributed by atoms with Gasteiger partial charge in [-0.1, -0.05) is 0 Å². The van der Waals surface area contributed by atoms with Crippen LogP contribution < -0.4 is 5.32 Å². The second-order valence-corrected chi connectivity index (χ2v) is 2.33. The molecule has 1 N–H and O–H groups in total. The van der Waals surface area contributed by atoms with Crippen LogP contribution in [0.15, 0.2) is 21.4 Å². The Morgan fingerprint density at radius 3 is 3.18 bits per heavy atom. The van der Waals surface area contributed by atoms with Gasteiger partial charge in [0.05, 0.1) is 12.2 Å². The van der Waals surface area contributed by atoms with Crippen molar-refractivity contribution in [2.75, 3.05) is 6.54 Å². The molecule has 0 aromatic heterocycles. The molecule has 0 saturated heterocycles. The van der Waals surface area contributed by atoms with Crippen molar-refractivity contribution >= 4 is 18.3 Å². The lowest BCUT2D eigenvalue weighted by Gasteiger charge is -1.96. The molecular weight excluding hydrogens is 142 g/mol. The van der Waals surface area contributed by atoms with Gasteiger partial charge in [-0.3, -0.25) is 14.8 Å². The number of hydrogen-bond donors (Lipinski definition) is 1. The summed E-state index contributed by atoms with van der Waals surface area (Å²) in [5.41, 5.74) is 1.25. The molecule has 1 amide bonds. The van der Waals surface area contributed by atoms with E-state index < -0.39 is 0 Å². The van der Waals surface area contributed by atoms with Gasteiger partial charge >= 0.3 is 0 Å². The zero-order chi connectivity index (χ0) is 7.68. The van der Waals surface area contributed by atoms with Crippen molar-refractivity contribution in [1.29, 1.82) is 0 Å². The lowest BCUT2D eigenvalue weighted by Crippen LogP contribution is -2.24. The van der Waals surface area contributed by atoms with Gasteiger partial charge in [0, 0.05) is 18.9 Å². The first-order valence-corrected chi connectivity index (χ1v) is 3.44. The summed E-state index contributed by atoms with van der Waals surface area (Å²) in [6, 6.07) is 0. The monoisotopic (exact) mass is 149 g/mol. The second kappa shape index (κ2) is 2.30. The first-order chi connectivity index (χ1) is 5.38. The van der Waals surface area contributed by atoms with Crippen LogP contribution in [0.5, 0.6) is 0 Å². The number of rotatable bonds is 0. The van der Waals surface area contributed by atoms with E-state index in [4.69, 9.17) is 0 Å². The lowest BCUT2D eigenvalue weighted by atomic mass is 10.3. The highest BCUT2D eigenvalue weighted by molar-refractivity contribution is 5.99. The molecule has 0 fully saturated rings. The second-order valence-electron chi connectivity index (χ2n) is 2.33. The fourth-order valence-corrected chi connectivity index (χ4v) is 1.08. The molecule has 0 bridgehead atoms. The van der Waals surface area contributed by atoms with Gasteiger partial charge in [-0.25, -0.2) is 0 Å². The van der Waals surface area contributed by atoms with Crippen LogP contribution in [0.1, 0.15) is 6.42 Å². The van der Waals surface area contributed by atoms with Gasteiger partial charge in [-0.15, -0.1) is 0 Å². The predicted molar refractivity (Wildman–Crippen MR) is 41.6 cm³/mol. The van der Waals surface area contributed by atoms with Crippen molar-refractivity contribution in [2.24, 2.45) is 9.98 Å². The first-order valence-electron chi connectivity index (χ1n) is 3.44. The van der Waals surface area contributed by atoms with E-state index in [1.165, 1.54) is 0 Å². The summed E-state index contributed by atoms with van der Waals surface area (Å²) in [6.07, 6.45) is 4.07. The molecule has 2 aliphatic heterocycles. The molecule has 0 radical (unpaired) electrons. The first kappa shape index (κ1) is 6.27. The zero-order valence-corrected chi connectivity index (χ0v) is 5.87. The van der Waals surface area contributed by atoms with Crippen molar-refractivity contribution in [3.05, 3.63) is 11.4 Å². The third-order valence-corrected chi connectivity index (χ3v) is 1.59. The van der Waals surface area contributed by atoms with E-state index in [1.807, 2.05) is 0 Å². The number of amides is 1. The molecule has 2 rings (SSSR count). The summed E-state index contributed by atoms with van der Waals surface area (Å²) in [5, 5.41) is 2.66. The summed E-state index contributed by atoms with van der Waals surface area (Å²) >= 11 is 0. The average molecular weight is 149 g/mol. The number of hydrogen-bond acceptors (Lipinski definition) is 3. The number of carbonyl (C=O) groups is 1. The molecule has 56 valence electrons. The number of allylic oxidation sites excluding steroid dienone is 1. The molecular formula is C7H7N3O. The van der Waals surface area contributed by atoms with Gasteiger partial charge in [0.1, 0.15) is 5.70 Å². The van der Waals surface area contributed by atoms with Crippen LogP contribution in [0.4, 0.5) is 0 Å². The van der Waals surface area contributed by atoms with Crippen LogP contribution in [0, 0.1) is 0 Å². The highest BCUT2D eigenvalue weighted by atomic mass is 16.2. The number of nitrogens with one attached hydrogen (secondary N) is 1. The van der Waals surface area contributed by atoms with E-state index in [-0.39, 0.29) is 5.91 Å². The summed E-state index contributed by atoms with van der Waals surface area (Å²) in [4.78, 5) is 19.1. The zero-order valence-electron chi connectivity index (χ0n) is 5.87. The highest BCUT2D eigenvalue weighted by Gasteiger charge is 2.18. The van der Waals surface area contributed by atoms with Gasteiger partial charge in [-0.2, -0.15) is 0 Å². The standard InChI is InChI=1S/C7H7N3O/c11-7-6-5(1-2-9-6)8-3-4-10-7/h2-3H,1,4H2,(H,10,11). The molecule has 4 nitrogen and oxygen atoms in total. The normalized spacial score (nSPS) is 21.6. The Hall–Kier alpha value is -1.45. The Morgan fingerprint density at radius 2 is 2.27 bits per heavy atom. The molecule has 0 aromatic carbocycles. The van der Waals surface area contributed by atoms with Crippen LogP contribution in [0.2, 0.25) is 0 Å². The summed E-state index contributed by atoms with van der Waals surface area (Å²) in [6.45, 7) is 0.501. The van der Waals surface area contributed by atoms with E-state index >= 15 is 0 Å². The third-order valence-electron chi connectivity index (χ3n) is 1.59. The van der Waals surface area contributed by atoms with Gasteiger partial charge in [0.2, 0.25) is 0 Å². The minimum atomic E-state index is -0.119. The molecule has 0 saturated carbocycles. The average Bonchev–Trinajstić information content (AvgIpc) is 2.40. The molecule has 11 heavy (non-hydrogen) atoms. The van der Waals surface area contributed by atoms with Crippen molar-refractivity contribution in [3.8, 4) is 0 Å². The molecule has 0 spiro atoms. The third kappa shape index (κ3) is 0.960. The SMILES string of the molecule is O=C1NCC=NC2=C1N=CC2. The van der Waals surface area contributed by atoms with Crippen molar-refractivity contribution in [2.45, 2.75) is 6.42 Å². The number of aliphatic imine (C=N–C) groups is 2. The van der Waals surface area contributed by atoms with E-state index in [0.29, 0.717) is 18.7 Å². The Balaban J connectivity index is 2.40. The quantitative estimate of drug-likeness (QED) is 0.512. The Morgan fingerprint density at radius 1 is 1.36 bits per heavy atom. The summed E-state index contributed by atoms with van der Waals surface area (Å²) in [7, 11) is 0. The Bertz CT molecular complexity index is 288. The molecule has 0 aromatic rings. The maximum absolute atomic E-state index is 11.1. The van der Waals surface area contributed by atoms with E-state index in [1.54, 1.807) is 12.4 Å². The smallest absolute Gasteiger partial charge is 0.272 e. The van der Waals surface area contributed by atoms with E-state index in [9.17, 15) is 4.79 Å². The maximum atomic E-state index is 11.1. The maximum Gasteiger partial charge on any atom is 0.272 e. The van der Waals surface area contributed by atoms with Crippen LogP contribution in [-0.4, -0.2) is 24.9 Å².